The van der Waals surface area contributed by atoms with Crippen LogP contribution in [-0.2, 0) is 6.42 Å². The van der Waals surface area contributed by atoms with Crippen molar-refractivity contribution < 1.29 is 9.13 Å². The lowest BCUT2D eigenvalue weighted by molar-refractivity contribution is 0.174. The maximum absolute atomic E-state index is 13.9. The zero-order valence-electron chi connectivity index (χ0n) is 22.4. The minimum atomic E-state index is -0.940. The van der Waals surface area contributed by atoms with Crippen molar-refractivity contribution in [3.05, 3.63) is 66.5 Å². The van der Waals surface area contributed by atoms with E-state index in [2.05, 4.69) is 41.2 Å². The number of alkyl halides is 1. The van der Waals surface area contributed by atoms with Gasteiger partial charge in [0.15, 0.2) is 5.82 Å². The molecule has 1 unspecified atom stereocenters. The van der Waals surface area contributed by atoms with Crippen molar-refractivity contribution in [2.75, 3.05) is 6.61 Å². The first-order valence-electron chi connectivity index (χ1n) is 13.8. The van der Waals surface area contributed by atoms with E-state index in [1.807, 2.05) is 50.5 Å². The van der Waals surface area contributed by atoms with E-state index in [1.54, 1.807) is 0 Å². The predicted molar refractivity (Wildman–Crippen MR) is 149 cm³/mol. The number of hydrogen-bond acceptors (Lipinski definition) is 3. The Morgan fingerprint density at radius 2 is 1.31 bits per heavy atom. The second-order valence-corrected chi connectivity index (χ2v) is 10.3. The van der Waals surface area contributed by atoms with E-state index in [0.29, 0.717) is 18.1 Å². The van der Waals surface area contributed by atoms with Gasteiger partial charge in [-0.25, -0.2) is 14.4 Å². The van der Waals surface area contributed by atoms with Gasteiger partial charge < -0.3 is 4.74 Å². The number of unbranched alkanes of at least 4 members (excludes halogenated alkanes) is 7. The second kappa shape index (κ2) is 15.4. The zero-order valence-corrected chi connectivity index (χ0v) is 22.4. The standard InChI is InChI=1S/C32H43FN2O/c1-4-5-6-7-8-9-10-11-12-26-13-15-28(16-14-26)32-34-22-29(23-35-32)27-17-19-31(20-18-27)36-24-30(33)21-25(2)3/h13-20,22-23,25,30H,4-12,21,24H2,1-3H3. The van der Waals surface area contributed by atoms with Crippen molar-refractivity contribution in [1.29, 1.82) is 0 Å². The smallest absolute Gasteiger partial charge is 0.159 e. The lowest BCUT2D eigenvalue weighted by atomic mass is 10.0. The largest absolute Gasteiger partial charge is 0.491 e. The van der Waals surface area contributed by atoms with Gasteiger partial charge in [0.25, 0.3) is 0 Å². The summed E-state index contributed by atoms with van der Waals surface area (Å²) in [6, 6.07) is 16.3. The van der Waals surface area contributed by atoms with Crippen LogP contribution in [0.3, 0.4) is 0 Å². The molecule has 0 saturated carbocycles. The van der Waals surface area contributed by atoms with Gasteiger partial charge in [-0.2, -0.15) is 0 Å². The summed E-state index contributed by atoms with van der Waals surface area (Å²) in [6.45, 7) is 6.39. The van der Waals surface area contributed by atoms with E-state index in [4.69, 9.17) is 4.74 Å². The van der Waals surface area contributed by atoms with Crippen LogP contribution in [0.25, 0.3) is 22.5 Å². The summed E-state index contributed by atoms with van der Waals surface area (Å²) < 4.78 is 19.5. The Morgan fingerprint density at radius 3 is 1.92 bits per heavy atom. The maximum atomic E-state index is 13.9. The van der Waals surface area contributed by atoms with E-state index < -0.39 is 6.17 Å². The molecule has 3 rings (SSSR count). The predicted octanol–water partition coefficient (Wildman–Crippen LogP) is 9.26. The van der Waals surface area contributed by atoms with Gasteiger partial charge in [0.2, 0.25) is 0 Å². The molecule has 1 aromatic heterocycles. The van der Waals surface area contributed by atoms with Gasteiger partial charge in [-0.15, -0.1) is 0 Å². The second-order valence-electron chi connectivity index (χ2n) is 10.3. The highest BCUT2D eigenvalue weighted by molar-refractivity contribution is 5.64. The molecule has 0 N–H and O–H groups in total. The van der Waals surface area contributed by atoms with Crippen LogP contribution in [0.4, 0.5) is 4.39 Å². The molecule has 0 fully saturated rings. The highest BCUT2D eigenvalue weighted by Crippen LogP contribution is 2.24. The van der Waals surface area contributed by atoms with E-state index in [-0.39, 0.29) is 6.61 Å². The summed E-state index contributed by atoms with van der Waals surface area (Å²) in [5.74, 6) is 1.73. The number of rotatable bonds is 16. The van der Waals surface area contributed by atoms with Gasteiger partial charge in [-0.05, 0) is 48.4 Å². The van der Waals surface area contributed by atoms with E-state index in [1.165, 1.54) is 56.9 Å². The monoisotopic (exact) mass is 490 g/mol. The van der Waals surface area contributed by atoms with Crippen LogP contribution in [0.15, 0.2) is 60.9 Å². The van der Waals surface area contributed by atoms with Crippen molar-refractivity contribution in [2.45, 2.75) is 91.2 Å². The van der Waals surface area contributed by atoms with E-state index in [0.717, 1.165) is 28.9 Å². The van der Waals surface area contributed by atoms with Gasteiger partial charge in [0.1, 0.15) is 18.5 Å². The molecule has 0 spiro atoms. The van der Waals surface area contributed by atoms with Crippen LogP contribution in [-0.4, -0.2) is 22.7 Å². The lowest BCUT2D eigenvalue weighted by Gasteiger charge is -2.12. The number of halogens is 1. The first-order valence-corrected chi connectivity index (χ1v) is 13.8. The first-order chi connectivity index (χ1) is 17.5. The average molecular weight is 491 g/mol. The quantitative estimate of drug-likeness (QED) is 0.188. The van der Waals surface area contributed by atoms with Crippen molar-refractivity contribution in [3.63, 3.8) is 0 Å². The third-order valence-corrected chi connectivity index (χ3v) is 6.53. The van der Waals surface area contributed by atoms with Crippen molar-refractivity contribution >= 4 is 0 Å². The van der Waals surface area contributed by atoms with Crippen LogP contribution in [0, 0.1) is 5.92 Å². The number of benzene rings is 2. The molecule has 4 heteroatoms. The molecule has 0 aliphatic heterocycles. The van der Waals surface area contributed by atoms with E-state index in [9.17, 15) is 4.39 Å². The number of aryl methyl sites for hydroxylation is 1. The Hall–Kier alpha value is -2.75. The molecule has 0 bridgehead atoms. The number of ether oxygens (including phenoxy) is 1. The van der Waals surface area contributed by atoms with Crippen LogP contribution >= 0.6 is 0 Å². The molecule has 0 amide bonds. The molecule has 194 valence electrons. The van der Waals surface area contributed by atoms with Crippen LogP contribution in [0.2, 0.25) is 0 Å². The Labute approximate surface area is 217 Å². The van der Waals surface area contributed by atoms with E-state index >= 15 is 0 Å². The lowest BCUT2D eigenvalue weighted by Crippen LogP contribution is -2.15. The number of nitrogens with zero attached hydrogens (tertiary/aromatic N) is 2. The fourth-order valence-corrected chi connectivity index (χ4v) is 4.42. The third kappa shape index (κ3) is 9.72. The van der Waals surface area contributed by atoms with Crippen LogP contribution < -0.4 is 4.74 Å². The molecule has 1 atom stereocenters. The molecule has 0 saturated heterocycles. The van der Waals surface area contributed by atoms with Gasteiger partial charge in [0, 0.05) is 23.5 Å². The Kier molecular flexibility index (Phi) is 11.9. The Bertz CT molecular complexity index is 984. The summed E-state index contributed by atoms with van der Waals surface area (Å²) in [6.07, 6.45) is 15.2. The summed E-state index contributed by atoms with van der Waals surface area (Å²) in [7, 11) is 0. The third-order valence-electron chi connectivity index (χ3n) is 6.53. The fourth-order valence-electron chi connectivity index (χ4n) is 4.42. The summed E-state index contributed by atoms with van der Waals surface area (Å²) in [5, 5.41) is 0. The fraction of sp³-hybridized carbons (Fsp3) is 0.500. The molecule has 3 nitrogen and oxygen atoms in total. The van der Waals surface area contributed by atoms with Crippen molar-refractivity contribution in [1.82, 2.24) is 9.97 Å². The minimum absolute atomic E-state index is 0.0905. The minimum Gasteiger partial charge on any atom is -0.491 e. The molecule has 36 heavy (non-hydrogen) atoms. The highest BCUT2D eigenvalue weighted by Gasteiger charge is 2.10. The summed E-state index contributed by atoms with van der Waals surface area (Å²) >= 11 is 0. The van der Waals surface area contributed by atoms with Crippen LogP contribution in [0.5, 0.6) is 5.75 Å². The van der Waals surface area contributed by atoms with Gasteiger partial charge in [-0.1, -0.05) is 102 Å². The molecule has 0 radical (unpaired) electrons. The summed E-state index contributed by atoms with van der Waals surface area (Å²) in [5.41, 5.74) is 4.37. The molecule has 3 aromatic rings. The number of aromatic nitrogens is 2. The molecule has 0 aliphatic carbocycles. The van der Waals surface area contributed by atoms with Crippen LogP contribution in [0.1, 0.15) is 84.1 Å². The molecule has 2 aromatic carbocycles. The zero-order chi connectivity index (χ0) is 25.6. The Balaban J connectivity index is 1.45. The topological polar surface area (TPSA) is 35.0 Å². The van der Waals surface area contributed by atoms with Gasteiger partial charge in [0.05, 0.1) is 0 Å². The van der Waals surface area contributed by atoms with Crippen molar-refractivity contribution in [2.24, 2.45) is 5.92 Å². The molecular formula is C32H43FN2O. The average Bonchev–Trinajstić information content (AvgIpc) is 2.89. The molecule has 0 aliphatic rings. The molecular weight excluding hydrogens is 447 g/mol. The summed E-state index contributed by atoms with van der Waals surface area (Å²) in [4.78, 5) is 9.18. The van der Waals surface area contributed by atoms with Gasteiger partial charge in [-0.3, -0.25) is 0 Å². The highest BCUT2D eigenvalue weighted by atomic mass is 19.1. The molecule has 1 heterocycles. The normalized spacial score (nSPS) is 12.1. The Morgan fingerprint density at radius 1 is 0.722 bits per heavy atom. The van der Waals surface area contributed by atoms with Gasteiger partial charge >= 0.3 is 0 Å². The first kappa shape index (κ1) is 27.8. The maximum Gasteiger partial charge on any atom is 0.159 e. The number of hydrogen-bond donors (Lipinski definition) is 0. The SMILES string of the molecule is CCCCCCCCCCc1ccc(-c2ncc(-c3ccc(OCC(F)CC(C)C)cc3)cn2)cc1. The van der Waals surface area contributed by atoms with Crippen molar-refractivity contribution in [3.8, 4) is 28.3 Å².